The number of pyridine rings is 2. The van der Waals surface area contributed by atoms with Gasteiger partial charge in [-0.25, -0.2) is 0 Å². The van der Waals surface area contributed by atoms with Crippen molar-refractivity contribution in [2.45, 2.75) is 13.5 Å². The summed E-state index contributed by atoms with van der Waals surface area (Å²) < 4.78 is 4.24. The van der Waals surface area contributed by atoms with E-state index in [0.29, 0.717) is 12.4 Å². The summed E-state index contributed by atoms with van der Waals surface area (Å²) in [6.07, 6.45) is 5.30. The molecule has 0 aliphatic rings. The number of rotatable bonds is 4. The van der Waals surface area contributed by atoms with Gasteiger partial charge in [0.15, 0.2) is 0 Å². The molecule has 0 aliphatic heterocycles. The highest BCUT2D eigenvalue weighted by Crippen LogP contribution is 2.36. The lowest BCUT2D eigenvalue weighted by molar-refractivity contribution is 1.02. The monoisotopic (exact) mass is 297 g/mol. The van der Waals surface area contributed by atoms with E-state index < -0.39 is 0 Å². The second kappa shape index (κ2) is 5.88. The van der Waals surface area contributed by atoms with Crippen LogP contribution < -0.4 is 11.1 Å². The van der Waals surface area contributed by atoms with Crippen molar-refractivity contribution in [3.8, 4) is 11.1 Å². The van der Waals surface area contributed by atoms with Crippen LogP contribution in [0.1, 0.15) is 11.3 Å². The average molecular weight is 297 g/mol. The molecule has 0 spiro atoms. The summed E-state index contributed by atoms with van der Waals surface area (Å²) in [5, 5.41) is 4.33. The third-order valence-electron chi connectivity index (χ3n) is 3.22. The van der Waals surface area contributed by atoms with Gasteiger partial charge < -0.3 is 11.1 Å². The number of nitrogen functional groups attached to an aromatic ring is 1. The Morgan fingerprint density at radius 3 is 2.76 bits per heavy atom. The summed E-state index contributed by atoms with van der Waals surface area (Å²) in [5.41, 5.74) is 10.1. The quantitative estimate of drug-likeness (QED) is 0.774. The van der Waals surface area contributed by atoms with Crippen LogP contribution in [0.2, 0.25) is 0 Å². The van der Waals surface area contributed by atoms with E-state index in [2.05, 4.69) is 32.6 Å². The Morgan fingerprint density at radius 2 is 2.00 bits per heavy atom. The van der Waals surface area contributed by atoms with Gasteiger partial charge >= 0.3 is 0 Å². The van der Waals surface area contributed by atoms with Crippen molar-refractivity contribution < 1.29 is 0 Å². The maximum Gasteiger partial charge on any atom is 0.147 e. The largest absolute Gasteiger partial charge is 0.382 e. The highest BCUT2D eigenvalue weighted by molar-refractivity contribution is 7.11. The van der Waals surface area contributed by atoms with Gasteiger partial charge in [-0.2, -0.15) is 4.37 Å². The molecule has 6 heteroatoms. The predicted molar refractivity (Wildman–Crippen MR) is 86.1 cm³/mol. The fourth-order valence-electron chi connectivity index (χ4n) is 2.09. The van der Waals surface area contributed by atoms with E-state index >= 15 is 0 Å². The molecule has 0 fully saturated rings. The fourth-order valence-corrected chi connectivity index (χ4v) is 2.82. The Morgan fingerprint density at radius 1 is 1.19 bits per heavy atom. The van der Waals surface area contributed by atoms with E-state index in [4.69, 9.17) is 5.73 Å². The van der Waals surface area contributed by atoms with Gasteiger partial charge in [0.2, 0.25) is 0 Å². The minimum atomic E-state index is 0.534. The molecule has 0 aliphatic carbocycles. The Kier molecular flexibility index (Phi) is 3.79. The Hall–Kier alpha value is -2.47. The van der Waals surface area contributed by atoms with Gasteiger partial charge in [0, 0.05) is 18.6 Å². The molecular formula is C15H15N5S. The Labute approximate surface area is 127 Å². The summed E-state index contributed by atoms with van der Waals surface area (Å²) in [5.74, 6) is 0.534. The summed E-state index contributed by atoms with van der Waals surface area (Å²) in [7, 11) is 0. The zero-order chi connectivity index (χ0) is 14.7. The number of hydrogen-bond acceptors (Lipinski definition) is 6. The number of anilines is 2. The molecule has 0 amide bonds. The molecule has 106 valence electrons. The molecule has 5 nitrogen and oxygen atoms in total. The van der Waals surface area contributed by atoms with Gasteiger partial charge in [0.25, 0.3) is 0 Å². The van der Waals surface area contributed by atoms with Crippen LogP contribution in [0.15, 0.2) is 42.9 Å². The van der Waals surface area contributed by atoms with Crippen LogP contribution in [0, 0.1) is 6.92 Å². The van der Waals surface area contributed by atoms with Crippen molar-refractivity contribution >= 4 is 22.4 Å². The van der Waals surface area contributed by atoms with Crippen LogP contribution in [0.5, 0.6) is 0 Å². The molecule has 3 rings (SSSR count). The van der Waals surface area contributed by atoms with E-state index in [1.54, 1.807) is 18.6 Å². The summed E-state index contributed by atoms with van der Waals surface area (Å²) in [4.78, 5) is 8.41. The van der Waals surface area contributed by atoms with Crippen LogP contribution in [0.3, 0.4) is 0 Å². The Bertz CT molecular complexity index is 739. The highest BCUT2D eigenvalue weighted by atomic mass is 32.1. The second-order valence-electron chi connectivity index (χ2n) is 4.63. The van der Waals surface area contributed by atoms with Crippen molar-refractivity contribution in [3.05, 3.63) is 54.1 Å². The van der Waals surface area contributed by atoms with Gasteiger partial charge in [0.1, 0.15) is 10.8 Å². The van der Waals surface area contributed by atoms with E-state index in [0.717, 1.165) is 27.4 Å². The lowest BCUT2D eigenvalue weighted by atomic mass is 10.1. The fraction of sp³-hybridized carbons (Fsp3) is 0.133. The maximum atomic E-state index is 6.00. The topological polar surface area (TPSA) is 76.7 Å². The van der Waals surface area contributed by atoms with Crippen molar-refractivity contribution in [1.29, 1.82) is 0 Å². The summed E-state index contributed by atoms with van der Waals surface area (Å²) in [6, 6.07) is 7.84. The summed E-state index contributed by atoms with van der Waals surface area (Å²) in [6.45, 7) is 2.70. The average Bonchev–Trinajstić information content (AvgIpc) is 2.88. The van der Waals surface area contributed by atoms with Crippen LogP contribution >= 0.6 is 11.5 Å². The molecule has 3 N–H and O–H groups in total. The lowest BCUT2D eigenvalue weighted by Gasteiger charge is -2.08. The number of aryl methyl sites for hydroxylation is 1. The SMILES string of the molecule is Cc1cccnc1CNc1snc(N)c1-c1ccncc1. The maximum absolute atomic E-state index is 6.00. The van der Waals surface area contributed by atoms with E-state index in [-0.39, 0.29) is 0 Å². The molecule has 0 bridgehead atoms. The zero-order valence-corrected chi connectivity index (χ0v) is 12.4. The molecular weight excluding hydrogens is 282 g/mol. The van der Waals surface area contributed by atoms with Crippen LogP contribution in [-0.4, -0.2) is 14.3 Å². The molecule has 0 aromatic carbocycles. The smallest absolute Gasteiger partial charge is 0.147 e. The molecule has 0 atom stereocenters. The lowest BCUT2D eigenvalue weighted by Crippen LogP contribution is -2.03. The van der Waals surface area contributed by atoms with Crippen molar-refractivity contribution in [2.75, 3.05) is 11.1 Å². The molecule has 3 aromatic rings. The van der Waals surface area contributed by atoms with E-state index in [1.807, 2.05) is 18.2 Å². The molecule has 21 heavy (non-hydrogen) atoms. The molecule has 0 saturated carbocycles. The third kappa shape index (κ3) is 2.85. The second-order valence-corrected chi connectivity index (χ2v) is 5.40. The summed E-state index contributed by atoms with van der Waals surface area (Å²) >= 11 is 1.36. The first-order valence-electron chi connectivity index (χ1n) is 6.55. The van der Waals surface area contributed by atoms with Crippen LogP contribution in [0.4, 0.5) is 10.8 Å². The molecule has 0 saturated heterocycles. The first kappa shape index (κ1) is 13.5. The van der Waals surface area contributed by atoms with Crippen LogP contribution in [-0.2, 0) is 6.54 Å². The minimum Gasteiger partial charge on any atom is -0.382 e. The minimum absolute atomic E-state index is 0.534. The third-order valence-corrected chi connectivity index (χ3v) is 4.04. The molecule has 3 aromatic heterocycles. The molecule has 0 radical (unpaired) electrons. The van der Waals surface area contributed by atoms with Crippen LogP contribution in [0.25, 0.3) is 11.1 Å². The number of nitrogens with one attached hydrogen (secondary N) is 1. The van der Waals surface area contributed by atoms with Gasteiger partial charge in [-0.1, -0.05) is 6.07 Å². The Balaban J connectivity index is 1.86. The van der Waals surface area contributed by atoms with E-state index in [1.165, 1.54) is 11.5 Å². The highest BCUT2D eigenvalue weighted by Gasteiger charge is 2.13. The predicted octanol–water partition coefficient (Wildman–Crippen LogP) is 3.10. The number of nitrogens with zero attached hydrogens (tertiary/aromatic N) is 3. The van der Waals surface area contributed by atoms with E-state index in [9.17, 15) is 0 Å². The molecule has 3 heterocycles. The number of nitrogens with two attached hydrogens (primary N) is 1. The first-order valence-corrected chi connectivity index (χ1v) is 7.33. The first-order chi connectivity index (χ1) is 10.3. The normalized spacial score (nSPS) is 10.5. The van der Waals surface area contributed by atoms with Gasteiger partial charge in [-0.05, 0) is 47.8 Å². The number of hydrogen-bond donors (Lipinski definition) is 2. The van der Waals surface area contributed by atoms with Gasteiger partial charge in [0.05, 0.1) is 17.8 Å². The van der Waals surface area contributed by atoms with Gasteiger partial charge in [-0.3, -0.25) is 9.97 Å². The van der Waals surface area contributed by atoms with Crippen molar-refractivity contribution in [3.63, 3.8) is 0 Å². The van der Waals surface area contributed by atoms with Gasteiger partial charge in [-0.15, -0.1) is 0 Å². The zero-order valence-electron chi connectivity index (χ0n) is 11.6. The number of aromatic nitrogens is 3. The molecule has 0 unspecified atom stereocenters. The van der Waals surface area contributed by atoms with Crippen molar-refractivity contribution in [2.24, 2.45) is 0 Å². The van der Waals surface area contributed by atoms with Crippen molar-refractivity contribution in [1.82, 2.24) is 14.3 Å². The standard InChI is InChI=1S/C15H15N5S/c1-10-3-2-6-18-12(10)9-19-15-13(14(16)20-21-15)11-4-7-17-8-5-11/h2-8,19H,9H2,1H3,(H2,16,20).